The smallest absolute Gasteiger partial charge is 0.119 e. The van der Waals surface area contributed by atoms with Gasteiger partial charge in [0.25, 0.3) is 0 Å². The van der Waals surface area contributed by atoms with Crippen LogP contribution in [0.2, 0.25) is 0 Å². The molecule has 112 valence electrons. The van der Waals surface area contributed by atoms with Crippen LogP contribution in [0.3, 0.4) is 0 Å². The molecule has 1 unspecified atom stereocenters. The first-order valence-corrected chi connectivity index (χ1v) is 7.97. The summed E-state index contributed by atoms with van der Waals surface area (Å²) in [6.45, 7) is 5.01. The van der Waals surface area contributed by atoms with Gasteiger partial charge >= 0.3 is 0 Å². The Kier molecular flexibility index (Phi) is 5.86. The first-order valence-electron chi connectivity index (χ1n) is 7.97. The normalized spacial score (nSPS) is 24.4. The van der Waals surface area contributed by atoms with Crippen molar-refractivity contribution in [3.8, 4) is 5.75 Å². The molecule has 20 heavy (non-hydrogen) atoms. The molecule has 1 aliphatic rings. The second-order valence-electron chi connectivity index (χ2n) is 5.84. The van der Waals surface area contributed by atoms with Crippen LogP contribution in [0.1, 0.15) is 57.6 Å². The molecular formula is C17H28N2O. The van der Waals surface area contributed by atoms with E-state index in [-0.39, 0.29) is 6.04 Å². The third-order valence-corrected chi connectivity index (χ3v) is 4.65. The highest BCUT2D eigenvalue weighted by molar-refractivity contribution is 5.31. The van der Waals surface area contributed by atoms with Crippen LogP contribution in [0.25, 0.3) is 0 Å². The third kappa shape index (κ3) is 3.74. The van der Waals surface area contributed by atoms with E-state index in [1.54, 1.807) is 0 Å². The molecule has 0 aliphatic heterocycles. The van der Waals surface area contributed by atoms with Crippen molar-refractivity contribution in [3.63, 3.8) is 0 Å². The van der Waals surface area contributed by atoms with E-state index in [4.69, 9.17) is 10.6 Å². The highest BCUT2D eigenvalue weighted by Gasteiger charge is 2.27. The molecule has 2 rings (SSSR count). The molecule has 0 saturated heterocycles. The fourth-order valence-electron chi connectivity index (χ4n) is 3.40. The number of nitrogens with one attached hydrogen (secondary N) is 1. The number of nitrogens with two attached hydrogens (primary N) is 1. The lowest BCUT2D eigenvalue weighted by Gasteiger charge is -2.33. The van der Waals surface area contributed by atoms with Gasteiger partial charge in [0.1, 0.15) is 5.75 Å². The van der Waals surface area contributed by atoms with Crippen LogP contribution in [-0.2, 0) is 0 Å². The third-order valence-electron chi connectivity index (χ3n) is 4.65. The fourth-order valence-corrected chi connectivity index (χ4v) is 3.40. The lowest BCUT2D eigenvalue weighted by Crippen LogP contribution is -2.35. The molecule has 1 aliphatic carbocycles. The summed E-state index contributed by atoms with van der Waals surface area (Å²) in [5, 5.41) is 0. The molecule has 0 spiro atoms. The Balaban J connectivity index is 2.06. The van der Waals surface area contributed by atoms with Crippen molar-refractivity contribution in [2.75, 3.05) is 6.61 Å². The Morgan fingerprint density at radius 1 is 1.25 bits per heavy atom. The topological polar surface area (TPSA) is 47.3 Å². The standard InChI is InChI=1S/C17H28N2O/c1-3-13-8-10-14(11-9-13)17(19-18)15-6-5-7-16(12-15)20-4-2/h5-7,12-14,17,19H,3-4,8-11,18H2,1-2H3. The minimum absolute atomic E-state index is 0.244. The van der Waals surface area contributed by atoms with Gasteiger partial charge in [-0.1, -0.05) is 38.3 Å². The summed E-state index contributed by atoms with van der Waals surface area (Å²) < 4.78 is 5.59. The maximum absolute atomic E-state index is 5.84. The molecule has 1 aromatic rings. The molecule has 0 bridgehead atoms. The predicted octanol–water partition coefficient (Wildman–Crippen LogP) is 3.81. The van der Waals surface area contributed by atoms with E-state index in [0.29, 0.717) is 12.5 Å². The second-order valence-corrected chi connectivity index (χ2v) is 5.84. The van der Waals surface area contributed by atoms with Gasteiger partial charge in [0.05, 0.1) is 6.61 Å². The Labute approximate surface area is 122 Å². The maximum atomic E-state index is 5.84. The van der Waals surface area contributed by atoms with Crippen LogP contribution in [0.4, 0.5) is 0 Å². The van der Waals surface area contributed by atoms with Gasteiger partial charge in [0.2, 0.25) is 0 Å². The van der Waals surface area contributed by atoms with Gasteiger partial charge in [-0.05, 0) is 49.3 Å². The van der Waals surface area contributed by atoms with Crippen LogP contribution in [0.5, 0.6) is 5.75 Å². The van der Waals surface area contributed by atoms with E-state index >= 15 is 0 Å². The summed E-state index contributed by atoms with van der Waals surface area (Å²) in [6.07, 6.45) is 6.53. The summed E-state index contributed by atoms with van der Waals surface area (Å²) in [5.74, 6) is 8.33. The molecule has 1 atom stereocenters. The van der Waals surface area contributed by atoms with E-state index in [0.717, 1.165) is 11.7 Å². The zero-order valence-corrected chi connectivity index (χ0v) is 12.8. The van der Waals surface area contributed by atoms with Crippen molar-refractivity contribution in [2.24, 2.45) is 17.7 Å². The number of rotatable bonds is 6. The minimum atomic E-state index is 0.244. The van der Waals surface area contributed by atoms with Gasteiger partial charge in [0, 0.05) is 6.04 Å². The molecule has 3 N–H and O–H groups in total. The monoisotopic (exact) mass is 276 g/mol. The summed E-state index contributed by atoms with van der Waals surface area (Å²) >= 11 is 0. The molecule has 3 heteroatoms. The summed E-state index contributed by atoms with van der Waals surface area (Å²) in [4.78, 5) is 0. The van der Waals surface area contributed by atoms with E-state index in [9.17, 15) is 0 Å². The van der Waals surface area contributed by atoms with Crippen molar-refractivity contribution < 1.29 is 4.74 Å². The lowest BCUT2D eigenvalue weighted by molar-refractivity contribution is 0.219. The Morgan fingerprint density at radius 3 is 2.60 bits per heavy atom. The average molecular weight is 276 g/mol. The first kappa shape index (κ1) is 15.3. The van der Waals surface area contributed by atoms with Gasteiger partial charge in [-0.15, -0.1) is 0 Å². The number of ether oxygens (including phenoxy) is 1. The maximum Gasteiger partial charge on any atom is 0.119 e. The molecule has 0 radical (unpaired) electrons. The van der Waals surface area contributed by atoms with Crippen molar-refractivity contribution >= 4 is 0 Å². The predicted molar refractivity (Wildman–Crippen MR) is 83.4 cm³/mol. The quantitative estimate of drug-likeness (QED) is 0.613. The molecule has 1 fully saturated rings. The zero-order valence-electron chi connectivity index (χ0n) is 12.8. The van der Waals surface area contributed by atoms with Gasteiger partial charge in [-0.3, -0.25) is 11.3 Å². The SMILES string of the molecule is CCOc1cccc(C(NN)C2CCC(CC)CC2)c1. The molecular weight excluding hydrogens is 248 g/mol. The molecule has 3 nitrogen and oxygen atoms in total. The molecule has 0 aromatic heterocycles. The highest BCUT2D eigenvalue weighted by Crippen LogP contribution is 2.38. The lowest BCUT2D eigenvalue weighted by atomic mass is 9.76. The van der Waals surface area contributed by atoms with Crippen molar-refractivity contribution in [1.82, 2.24) is 5.43 Å². The number of hydrogen-bond donors (Lipinski definition) is 2. The molecule has 1 aromatic carbocycles. The van der Waals surface area contributed by atoms with Crippen LogP contribution in [0, 0.1) is 11.8 Å². The largest absolute Gasteiger partial charge is 0.494 e. The Bertz CT molecular complexity index is 400. The van der Waals surface area contributed by atoms with Gasteiger partial charge in [-0.2, -0.15) is 0 Å². The summed E-state index contributed by atoms with van der Waals surface area (Å²) in [6, 6.07) is 8.59. The average Bonchev–Trinajstić information content (AvgIpc) is 2.49. The number of hydrogen-bond acceptors (Lipinski definition) is 3. The number of hydrazine groups is 1. The van der Waals surface area contributed by atoms with Crippen molar-refractivity contribution in [2.45, 2.75) is 52.0 Å². The second kappa shape index (κ2) is 7.65. The first-order chi connectivity index (χ1) is 9.78. The highest BCUT2D eigenvalue weighted by atomic mass is 16.5. The Morgan fingerprint density at radius 2 is 2.00 bits per heavy atom. The molecule has 0 heterocycles. The van der Waals surface area contributed by atoms with Crippen molar-refractivity contribution in [1.29, 1.82) is 0 Å². The zero-order chi connectivity index (χ0) is 14.4. The summed E-state index contributed by atoms with van der Waals surface area (Å²) in [7, 11) is 0. The van der Waals surface area contributed by atoms with Gasteiger partial charge in [0.15, 0.2) is 0 Å². The fraction of sp³-hybridized carbons (Fsp3) is 0.647. The van der Waals surface area contributed by atoms with E-state index in [1.807, 2.05) is 13.0 Å². The number of benzene rings is 1. The van der Waals surface area contributed by atoms with Crippen LogP contribution in [0.15, 0.2) is 24.3 Å². The van der Waals surface area contributed by atoms with E-state index in [2.05, 4.69) is 30.5 Å². The molecule has 0 amide bonds. The van der Waals surface area contributed by atoms with Gasteiger partial charge < -0.3 is 4.74 Å². The van der Waals surface area contributed by atoms with Crippen LogP contribution >= 0.6 is 0 Å². The van der Waals surface area contributed by atoms with Crippen LogP contribution < -0.4 is 16.0 Å². The van der Waals surface area contributed by atoms with Gasteiger partial charge in [-0.25, -0.2) is 0 Å². The Hall–Kier alpha value is -1.06. The summed E-state index contributed by atoms with van der Waals surface area (Å²) in [5.41, 5.74) is 4.28. The van der Waals surface area contributed by atoms with E-state index < -0.39 is 0 Å². The van der Waals surface area contributed by atoms with Crippen LogP contribution in [-0.4, -0.2) is 6.61 Å². The van der Waals surface area contributed by atoms with Crippen molar-refractivity contribution in [3.05, 3.63) is 29.8 Å². The minimum Gasteiger partial charge on any atom is -0.494 e. The van der Waals surface area contributed by atoms with E-state index in [1.165, 1.54) is 37.7 Å². The molecule has 1 saturated carbocycles.